The number of hydrogen-bond acceptors (Lipinski definition) is 2. The summed E-state index contributed by atoms with van der Waals surface area (Å²) in [5.74, 6) is 0.309. The van der Waals surface area contributed by atoms with Crippen molar-refractivity contribution in [2.24, 2.45) is 0 Å². The van der Waals surface area contributed by atoms with Gasteiger partial charge in [0.25, 0.3) is 0 Å². The summed E-state index contributed by atoms with van der Waals surface area (Å²) in [6.45, 7) is 0. The van der Waals surface area contributed by atoms with E-state index in [0.29, 0.717) is 11.6 Å². The minimum atomic E-state index is -3.28. The molecule has 1 aromatic rings. The third-order valence-corrected chi connectivity index (χ3v) is 5.55. The van der Waals surface area contributed by atoms with Gasteiger partial charge >= 0.3 is 0 Å². The normalized spacial score (nSPS) is 17.6. The molecule has 1 aromatic carbocycles. The van der Waals surface area contributed by atoms with Gasteiger partial charge in [0, 0.05) is 5.88 Å². The topological polar surface area (TPSA) is 46.2 Å². The molecule has 100 valence electrons. The Morgan fingerprint density at radius 1 is 1.17 bits per heavy atom. The van der Waals surface area contributed by atoms with Gasteiger partial charge in [-0.2, -0.15) is 0 Å². The molecule has 1 saturated carbocycles. The van der Waals surface area contributed by atoms with Gasteiger partial charge in [-0.05, 0) is 24.5 Å². The maximum Gasteiger partial charge on any atom is 0.235 e. The van der Waals surface area contributed by atoms with Crippen molar-refractivity contribution in [3.8, 4) is 0 Å². The van der Waals surface area contributed by atoms with E-state index >= 15 is 0 Å². The van der Waals surface area contributed by atoms with Gasteiger partial charge in [0.15, 0.2) is 0 Å². The molecular formula is C13H18ClNO2S. The number of para-hydroxylation sites is 1. The molecule has 1 aliphatic carbocycles. The molecule has 0 amide bonds. The Morgan fingerprint density at radius 3 is 2.50 bits per heavy atom. The van der Waals surface area contributed by atoms with Crippen LogP contribution in [0.4, 0.5) is 5.69 Å². The van der Waals surface area contributed by atoms with Crippen LogP contribution in [0.1, 0.15) is 37.7 Å². The highest BCUT2D eigenvalue weighted by molar-refractivity contribution is 7.93. The average Bonchev–Trinajstić information content (AvgIpc) is 2.40. The summed E-state index contributed by atoms with van der Waals surface area (Å²) in [5, 5.41) is -0.255. The van der Waals surface area contributed by atoms with Gasteiger partial charge in [0.05, 0.1) is 10.9 Å². The molecule has 1 N–H and O–H groups in total. The lowest BCUT2D eigenvalue weighted by atomic mass is 10.0. The molecule has 1 aliphatic rings. The summed E-state index contributed by atoms with van der Waals surface area (Å²) >= 11 is 5.81. The molecule has 0 bridgehead atoms. The standard InChI is InChI=1S/C13H18ClNO2S/c14-10-11-6-4-5-9-13(11)15-18(16,17)12-7-2-1-3-8-12/h4-6,9,12,15H,1-3,7-8,10H2. The Bertz CT molecular complexity index is 495. The van der Waals surface area contributed by atoms with E-state index in [1.54, 1.807) is 6.07 Å². The van der Waals surface area contributed by atoms with Crippen molar-refractivity contribution in [3.63, 3.8) is 0 Å². The Morgan fingerprint density at radius 2 is 1.83 bits per heavy atom. The first-order valence-corrected chi connectivity index (χ1v) is 8.37. The van der Waals surface area contributed by atoms with Crippen LogP contribution in [0.5, 0.6) is 0 Å². The zero-order valence-corrected chi connectivity index (χ0v) is 11.8. The van der Waals surface area contributed by atoms with E-state index in [4.69, 9.17) is 11.6 Å². The molecule has 0 spiro atoms. The second-order valence-corrected chi connectivity index (χ2v) is 6.93. The van der Waals surface area contributed by atoms with Gasteiger partial charge in [0.1, 0.15) is 0 Å². The molecule has 18 heavy (non-hydrogen) atoms. The number of rotatable bonds is 4. The first kappa shape index (κ1) is 13.7. The van der Waals surface area contributed by atoms with E-state index in [-0.39, 0.29) is 5.25 Å². The second kappa shape index (κ2) is 5.93. The monoisotopic (exact) mass is 287 g/mol. The molecule has 3 nitrogen and oxygen atoms in total. The molecule has 0 unspecified atom stereocenters. The number of sulfonamides is 1. The van der Waals surface area contributed by atoms with Crippen LogP contribution in [-0.2, 0) is 15.9 Å². The smallest absolute Gasteiger partial charge is 0.235 e. The van der Waals surface area contributed by atoms with E-state index < -0.39 is 10.0 Å². The van der Waals surface area contributed by atoms with Gasteiger partial charge in [-0.1, -0.05) is 37.5 Å². The van der Waals surface area contributed by atoms with Gasteiger partial charge in [-0.15, -0.1) is 11.6 Å². The largest absolute Gasteiger partial charge is 0.283 e. The summed E-state index contributed by atoms with van der Waals surface area (Å²) < 4.78 is 27.2. The fraction of sp³-hybridized carbons (Fsp3) is 0.538. The summed E-state index contributed by atoms with van der Waals surface area (Å²) in [6.07, 6.45) is 4.67. The highest BCUT2D eigenvalue weighted by Gasteiger charge is 2.27. The van der Waals surface area contributed by atoms with Crippen LogP contribution in [0.2, 0.25) is 0 Å². The molecule has 0 heterocycles. The first-order valence-electron chi connectivity index (χ1n) is 6.29. The predicted molar refractivity (Wildman–Crippen MR) is 75.4 cm³/mol. The van der Waals surface area contributed by atoms with Crippen LogP contribution in [0.15, 0.2) is 24.3 Å². The quantitative estimate of drug-likeness (QED) is 0.862. The van der Waals surface area contributed by atoms with Crippen LogP contribution in [-0.4, -0.2) is 13.7 Å². The van der Waals surface area contributed by atoms with E-state index in [9.17, 15) is 8.42 Å². The molecular weight excluding hydrogens is 270 g/mol. The number of nitrogens with one attached hydrogen (secondary N) is 1. The molecule has 5 heteroatoms. The number of hydrogen-bond donors (Lipinski definition) is 1. The van der Waals surface area contributed by atoms with Gasteiger partial charge in [-0.3, -0.25) is 4.72 Å². The molecule has 0 aromatic heterocycles. The minimum Gasteiger partial charge on any atom is -0.283 e. The number of halogens is 1. The van der Waals surface area contributed by atoms with Crippen LogP contribution in [0, 0.1) is 0 Å². The Kier molecular flexibility index (Phi) is 4.51. The average molecular weight is 288 g/mol. The van der Waals surface area contributed by atoms with Crippen molar-refractivity contribution in [2.45, 2.75) is 43.2 Å². The summed E-state index contributed by atoms with van der Waals surface area (Å²) in [5.41, 5.74) is 1.43. The lowest BCUT2D eigenvalue weighted by Crippen LogP contribution is -2.30. The van der Waals surface area contributed by atoms with Crippen LogP contribution < -0.4 is 4.72 Å². The van der Waals surface area contributed by atoms with Crippen LogP contribution in [0.3, 0.4) is 0 Å². The van der Waals surface area contributed by atoms with Crippen molar-refractivity contribution in [1.82, 2.24) is 0 Å². The number of anilines is 1. The Labute approximate surface area is 114 Å². The molecule has 0 atom stereocenters. The zero-order valence-electron chi connectivity index (χ0n) is 10.2. The summed E-state index contributed by atoms with van der Waals surface area (Å²) in [7, 11) is -3.28. The molecule has 0 saturated heterocycles. The molecule has 1 fully saturated rings. The van der Waals surface area contributed by atoms with Gasteiger partial charge in [0.2, 0.25) is 10.0 Å². The Hall–Kier alpha value is -0.740. The predicted octanol–water partition coefficient (Wildman–Crippen LogP) is 3.50. The molecule has 2 rings (SSSR count). The molecule has 0 radical (unpaired) electrons. The highest BCUT2D eigenvalue weighted by Crippen LogP contribution is 2.26. The third-order valence-electron chi connectivity index (χ3n) is 3.40. The zero-order chi connectivity index (χ0) is 13.0. The highest BCUT2D eigenvalue weighted by atomic mass is 35.5. The van der Waals surface area contributed by atoms with E-state index in [1.807, 2.05) is 18.2 Å². The lowest BCUT2D eigenvalue weighted by Gasteiger charge is -2.23. The number of benzene rings is 1. The molecule has 0 aliphatic heterocycles. The maximum atomic E-state index is 12.3. The van der Waals surface area contributed by atoms with Crippen LogP contribution >= 0.6 is 11.6 Å². The van der Waals surface area contributed by atoms with E-state index in [1.165, 1.54) is 0 Å². The van der Waals surface area contributed by atoms with Crippen molar-refractivity contribution < 1.29 is 8.42 Å². The minimum absolute atomic E-state index is 0.255. The lowest BCUT2D eigenvalue weighted by molar-refractivity contribution is 0.486. The fourth-order valence-corrected chi connectivity index (χ4v) is 4.21. The van der Waals surface area contributed by atoms with Crippen LogP contribution in [0.25, 0.3) is 0 Å². The summed E-state index contributed by atoms with van der Waals surface area (Å²) in [4.78, 5) is 0. The SMILES string of the molecule is O=S(=O)(Nc1ccccc1CCl)C1CCCCC1. The van der Waals surface area contributed by atoms with Crippen molar-refractivity contribution >= 4 is 27.3 Å². The van der Waals surface area contributed by atoms with E-state index in [2.05, 4.69) is 4.72 Å². The van der Waals surface area contributed by atoms with Gasteiger partial charge in [-0.25, -0.2) is 8.42 Å². The third kappa shape index (κ3) is 3.18. The number of alkyl halides is 1. The first-order chi connectivity index (χ1) is 8.63. The summed E-state index contributed by atoms with van der Waals surface area (Å²) in [6, 6.07) is 7.27. The fourth-order valence-electron chi connectivity index (χ4n) is 2.35. The van der Waals surface area contributed by atoms with Crippen molar-refractivity contribution in [2.75, 3.05) is 4.72 Å². The second-order valence-electron chi connectivity index (χ2n) is 4.70. The van der Waals surface area contributed by atoms with Gasteiger partial charge < -0.3 is 0 Å². The van der Waals surface area contributed by atoms with E-state index in [0.717, 1.165) is 37.7 Å². The van der Waals surface area contributed by atoms with Crippen molar-refractivity contribution in [3.05, 3.63) is 29.8 Å². The Balaban J connectivity index is 2.16. The van der Waals surface area contributed by atoms with Crippen molar-refractivity contribution in [1.29, 1.82) is 0 Å². The maximum absolute atomic E-state index is 12.3.